The van der Waals surface area contributed by atoms with Gasteiger partial charge in [-0.1, -0.05) is 30.3 Å². The topological polar surface area (TPSA) is 50.8 Å². The highest BCUT2D eigenvalue weighted by Crippen LogP contribution is 2.19. The van der Waals surface area contributed by atoms with Gasteiger partial charge in [-0.3, -0.25) is 4.79 Å². The molecule has 0 aromatic heterocycles. The maximum atomic E-state index is 12.6. The van der Waals surface area contributed by atoms with Crippen LogP contribution in [0.3, 0.4) is 0 Å². The molecule has 0 fully saturated rings. The summed E-state index contributed by atoms with van der Waals surface area (Å²) in [5.74, 6) is 1.23. The molecule has 0 unspecified atom stereocenters. The van der Waals surface area contributed by atoms with Crippen molar-refractivity contribution in [2.45, 2.75) is 19.1 Å². The number of nitrogens with one attached hydrogen (secondary N) is 1. The molecular formula is C20H26N2O3. The van der Waals surface area contributed by atoms with Crippen molar-refractivity contribution in [2.24, 2.45) is 0 Å². The van der Waals surface area contributed by atoms with Gasteiger partial charge < -0.3 is 19.7 Å². The molecule has 2 atom stereocenters. The number of carbonyl (C=O) groups is 1. The van der Waals surface area contributed by atoms with Crippen molar-refractivity contribution in [1.29, 1.82) is 0 Å². The van der Waals surface area contributed by atoms with Gasteiger partial charge in [0.15, 0.2) is 6.10 Å². The van der Waals surface area contributed by atoms with Gasteiger partial charge in [0, 0.05) is 6.54 Å². The van der Waals surface area contributed by atoms with Gasteiger partial charge in [0.1, 0.15) is 11.5 Å². The number of rotatable bonds is 8. The second-order valence-electron chi connectivity index (χ2n) is 6.17. The van der Waals surface area contributed by atoms with E-state index in [1.807, 2.05) is 49.3 Å². The molecule has 0 spiro atoms. The maximum Gasteiger partial charge on any atom is 0.261 e. The molecule has 2 rings (SSSR count). The van der Waals surface area contributed by atoms with Crippen LogP contribution in [-0.2, 0) is 4.79 Å². The number of hydrogen-bond acceptors (Lipinski definition) is 4. The smallest absolute Gasteiger partial charge is 0.261 e. The molecule has 0 aliphatic rings. The Morgan fingerprint density at radius 3 is 2.20 bits per heavy atom. The van der Waals surface area contributed by atoms with Crippen molar-refractivity contribution in [3.63, 3.8) is 0 Å². The number of methoxy groups -OCH3 is 1. The van der Waals surface area contributed by atoms with E-state index >= 15 is 0 Å². The Labute approximate surface area is 149 Å². The molecule has 134 valence electrons. The second kappa shape index (κ2) is 9.08. The van der Waals surface area contributed by atoms with Crippen LogP contribution in [0, 0.1) is 0 Å². The second-order valence-corrected chi connectivity index (χ2v) is 6.17. The minimum Gasteiger partial charge on any atom is -0.497 e. The third kappa shape index (κ3) is 5.80. The van der Waals surface area contributed by atoms with Crippen LogP contribution in [0.5, 0.6) is 11.5 Å². The molecule has 2 aromatic rings. The molecule has 0 saturated carbocycles. The van der Waals surface area contributed by atoms with Crippen LogP contribution in [0.2, 0.25) is 0 Å². The van der Waals surface area contributed by atoms with E-state index in [0.717, 1.165) is 11.3 Å². The average molecular weight is 342 g/mol. The average Bonchev–Trinajstić information content (AvgIpc) is 2.62. The van der Waals surface area contributed by atoms with Crippen molar-refractivity contribution in [3.05, 3.63) is 60.2 Å². The van der Waals surface area contributed by atoms with Crippen molar-refractivity contribution in [1.82, 2.24) is 10.2 Å². The van der Waals surface area contributed by atoms with E-state index in [0.29, 0.717) is 12.3 Å². The lowest BCUT2D eigenvalue weighted by Crippen LogP contribution is -2.41. The van der Waals surface area contributed by atoms with Gasteiger partial charge >= 0.3 is 0 Å². The molecule has 0 bridgehead atoms. The quantitative estimate of drug-likeness (QED) is 0.801. The summed E-state index contributed by atoms with van der Waals surface area (Å²) >= 11 is 0. The first kappa shape index (κ1) is 18.8. The Hall–Kier alpha value is -2.53. The molecule has 0 aliphatic heterocycles. The minimum absolute atomic E-state index is 0.0920. The summed E-state index contributed by atoms with van der Waals surface area (Å²) in [6, 6.07) is 17.0. The highest BCUT2D eigenvalue weighted by Gasteiger charge is 2.20. The molecule has 5 heteroatoms. The van der Waals surface area contributed by atoms with Gasteiger partial charge in [-0.05, 0) is 50.8 Å². The first-order valence-electron chi connectivity index (χ1n) is 8.30. The fraction of sp³-hybridized carbons (Fsp3) is 0.350. The van der Waals surface area contributed by atoms with Crippen molar-refractivity contribution >= 4 is 5.91 Å². The molecule has 1 amide bonds. The predicted molar refractivity (Wildman–Crippen MR) is 99.0 cm³/mol. The van der Waals surface area contributed by atoms with Crippen molar-refractivity contribution < 1.29 is 14.3 Å². The largest absolute Gasteiger partial charge is 0.497 e. The van der Waals surface area contributed by atoms with Crippen LogP contribution in [0.1, 0.15) is 18.5 Å². The van der Waals surface area contributed by atoms with E-state index in [2.05, 4.69) is 5.32 Å². The highest BCUT2D eigenvalue weighted by atomic mass is 16.5. The Bertz CT molecular complexity index is 656. The van der Waals surface area contributed by atoms with Crippen LogP contribution in [0.4, 0.5) is 0 Å². The summed E-state index contributed by atoms with van der Waals surface area (Å²) in [6.45, 7) is 2.46. The summed E-state index contributed by atoms with van der Waals surface area (Å²) < 4.78 is 10.9. The number of carbonyl (C=O) groups excluding carboxylic acids is 1. The van der Waals surface area contributed by atoms with Crippen LogP contribution >= 0.6 is 0 Å². The highest BCUT2D eigenvalue weighted by molar-refractivity contribution is 5.81. The van der Waals surface area contributed by atoms with Gasteiger partial charge in [-0.15, -0.1) is 0 Å². The number of ether oxygens (including phenoxy) is 2. The number of hydrogen-bond donors (Lipinski definition) is 1. The zero-order valence-electron chi connectivity index (χ0n) is 15.2. The van der Waals surface area contributed by atoms with Crippen molar-refractivity contribution in [3.8, 4) is 11.5 Å². The molecule has 0 heterocycles. The first-order valence-corrected chi connectivity index (χ1v) is 8.30. The summed E-state index contributed by atoms with van der Waals surface area (Å²) in [4.78, 5) is 14.6. The number of nitrogens with zero attached hydrogens (tertiary/aromatic N) is 1. The van der Waals surface area contributed by atoms with Crippen LogP contribution in [0.25, 0.3) is 0 Å². The lowest BCUT2D eigenvalue weighted by molar-refractivity contribution is -0.128. The van der Waals surface area contributed by atoms with E-state index < -0.39 is 6.10 Å². The molecule has 0 radical (unpaired) electrons. The number of benzene rings is 2. The normalized spacial score (nSPS) is 13.2. The number of likely N-dealkylation sites (N-methyl/N-ethyl adjacent to an activating group) is 1. The molecule has 0 saturated heterocycles. The SMILES string of the molecule is COc1ccc(O[C@@H](C)C(=O)N[C@H](CN(C)C)c2ccccc2)cc1. The molecule has 2 aromatic carbocycles. The lowest BCUT2D eigenvalue weighted by atomic mass is 10.1. The summed E-state index contributed by atoms with van der Waals surface area (Å²) in [5.41, 5.74) is 1.07. The van der Waals surface area contributed by atoms with Gasteiger partial charge in [0.2, 0.25) is 0 Å². The molecule has 25 heavy (non-hydrogen) atoms. The Morgan fingerprint density at radius 1 is 1.04 bits per heavy atom. The molecular weight excluding hydrogens is 316 g/mol. The molecule has 0 aliphatic carbocycles. The monoisotopic (exact) mass is 342 g/mol. The van der Waals surface area contributed by atoms with E-state index in [-0.39, 0.29) is 11.9 Å². The third-order valence-electron chi connectivity index (χ3n) is 3.81. The van der Waals surface area contributed by atoms with Crippen LogP contribution in [-0.4, -0.2) is 44.7 Å². The van der Waals surface area contributed by atoms with E-state index in [9.17, 15) is 4.79 Å². The van der Waals surface area contributed by atoms with Crippen LogP contribution in [0.15, 0.2) is 54.6 Å². The lowest BCUT2D eigenvalue weighted by Gasteiger charge is -2.24. The zero-order chi connectivity index (χ0) is 18.2. The first-order chi connectivity index (χ1) is 12.0. The third-order valence-corrected chi connectivity index (χ3v) is 3.81. The number of amides is 1. The fourth-order valence-corrected chi connectivity index (χ4v) is 2.49. The Kier molecular flexibility index (Phi) is 6.83. The predicted octanol–water partition coefficient (Wildman–Crippen LogP) is 2.88. The van der Waals surface area contributed by atoms with E-state index in [4.69, 9.17) is 9.47 Å². The van der Waals surface area contributed by atoms with E-state index in [1.165, 1.54) is 0 Å². The molecule has 1 N–H and O–H groups in total. The Balaban J connectivity index is 2.01. The summed E-state index contributed by atoms with van der Waals surface area (Å²) in [5, 5.41) is 3.08. The van der Waals surface area contributed by atoms with Gasteiger partial charge in [-0.25, -0.2) is 0 Å². The van der Waals surface area contributed by atoms with E-state index in [1.54, 1.807) is 38.3 Å². The molecule has 5 nitrogen and oxygen atoms in total. The van der Waals surface area contributed by atoms with Crippen LogP contribution < -0.4 is 14.8 Å². The maximum absolute atomic E-state index is 12.6. The zero-order valence-corrected chi connectivity index (χ0v) is 15.2. The van der Waals surface area contributed by atoms with Gasteiger partial charge in [-0.2, -0.15) is 0 Å². The standard InChI is InChI=1S/C20H26N2O3/c1-15(25-18-12-10-17(24-4)11-13-18)20(23)21-19(14-22(2)3)16-8-6-5-7-9-16/h5-13,15,19H,14H2,1-4H3,(H,21,23)/t15-,19+/m0/s1. The Morgan fingerprint density at radius 2 is 1.64 bits per heavy atom. The fourth-order valence-electron chi connectivity index (χ4n) is 2.49. The van der Waals surface area contributed by atoms with Crippen molar-refractivity contribution in [2.75, 3.05) is 27.7 Å². The van der Waals surface area contributed by atoms with Gasteiger partial charge in [0.25, 0.3) is 5.91 Å². The summed E-state index contributed by atoms with van der Waals surface area (Å²) in [6.07, 6.45) is -0.596. The minimum atomic E-state index is -0.596. The summed E-state index contributed by atoms with van der Waals surface area (Å²) in [7, 11) is 5.58. The van der Waals surface area contributed by atoms with Gasteiger partial charge in [0.05, 0.1) is 13.2 Å².